The van der Waals surface area contributed by atoms with E-state index in [4.69, 9.17) is 11.6 Å². The molecular formula is C12H15ClF3N3. The van der Waals surface area contributed by atoms with Crippen molar-refractivity contribution >= 4 is 17.4 Å². The minimum atomic E-state index is -4.42. The summed E-state index contributed by atoms with van der Waals surface area (Å²) < 4.78 is 37.4. The van der Waals surface area contributed by atoms with Crippen LogP contribution < -0.4 is 10.6 Å². The van der Waals surface area contributed by atoms with Crippen LogP contribution in [-0.2, 0) is 6.18 Å². The Kier molecular flexibility index (Phi) is 4.52. The van der Waals surface area contributed by atoms with Gasteiger partial charge in [-0.15, -0.1) is 0 Å². The normalized spacial score (nSPS) is 20.9. The lowest BCUT2D eigenvalue weighted by Gasteiger charge is -2.18. The molecule has 2 heterocycles. The molecule has 2 N–H and O–H groups in total. The minimum absolute atomic E-state index is 0.000859. The van der Waals surface area contributed by atoms with Crippen molar-refractivity contribution in [2.45, 2.75) is 31.5 Å². The number of anilines is 1. The predicted molar refractivity (Wildman–Crippen MR) is 68.4 cm³/mol. The summed E-state index contributed by atoms with van der Waals surface area (Å²) in [5, 5.41) is 6.35. The topological polar surface area (TPSA) is 37.0 Å². The van der Waals surface area contributed by atoms with Gasteiger partial charge in [0, 0.05) is 18.8 Å². The highest BCUT2D eigenvalue weighted by atomic mass is 35.5. The van der Waals surface area contributed by atoms with Gasteiger partial charge in [-0.2, -0.15) is 13.2 Å². The molecular weight excluding hydrogens is 279 g/mol. The van der Waals surface area contributed by atoms with Crippen LogP contribution in [0.2, 0.25) is 5.02 Å². The highest BCUT2D eigenvalue weighted by Crippen LogP contribution is 2.32. The maximum Gasteiger partial charge on any atom is 0.417 e. The van der Waals surface area contributed by atoms with Crippen LogP contribution in [-0.4, -0.2) is 24.1 Å². The van der Waals surface area contributed by atoms with Crippen LogP contribution in [0.5, 0.6) is 0 Å². The van der Waals surface area contributed by atoms with Gasteiger partial charge in [0.05, 0.1) is 10.6 Å². The Morgan fingerprint density at radius 1 is 1.37 bits per heavy atom. The van der Waals surface area contributed by atoms with E-state index >= 15 is 0 Å². The molecule has 1 atom stereocenters. The Balaban J connectivity index is 2.08. The Labute approximate surface area is 114 Å². The molecule has 19 heavy (non-hydrogen) atoms. The number of aromatic nitrogens is 1. The van der Waals surface area contributed by atoms with Gasteiger partial charge in [0.2, 0.25) is 0 Å². The number of hydrogen-bond donors (Lipinski definition) is 2. The van der Waals surface area contributed by atoms with Crippen LogP contribution in [0.1, 0.15) is 24.8 Å². The van der Waals surface area contributed by atoms with Gasteiger partial charge in [0.15, 0.2) is 0 Å². The predicted octanol–water partition coefficient (Wildman–Crippen LogP) is 3.31. The fourth-order valence-corrected chi connectivity index (χ4v) is 2.26. The third-order valence-electron chi connectivity index (χ3n) is 3.06. The third kappa shape index (κ3) is 3.98. The molecule has 7 heteroatoms. The fraction of sp³-hybridized carbons (Fsp3) is 0.583. The summed E-state index contributed by atoms with van der Waals surface area (Å²) in [5.41, 5.74) is -0.831. The van der Waals surface area contributed by atoms with E-state index in [0.717, 1.165) is 44.6 Å². The lowest BCUT2D eigenvalue weighted by atomic mass is 10.1. The highest BCUT2D eigenvalue weighted by Gasteiger charge is 2.31. The quantitative estimate of drug-likeness (QED) is 0.878. The van der Waals surface area contributed by atoms with Crippen LogP contribution >= 0.6 is 11.6 Å². The van der Waals surface area contributed by atoms with Gasteiger partial charge in [0.25, 0.3) is 0 Å². The van der Waals surface area contributed by atoms with Crippen molar-refractivity contribution in [1.29, 1.82) is 0 Å². The number of halogens is 4. The molecule has 1 aromatic heterocycles. The molecule has 3 nitrogen and oxygen atoms in total. The van der Waals surface area contributed by atoms with Gasteiger partial charge in [-0.3, -0.25) is 0 Å². The molecule has 1 aliphatic heterocycles. The second-order valence-corrected chi connectivity index (χ2v) is 5.00. The van der Waals surface area contributed by atoms with Gasteiger partial charge in [0.1, 0.15) is 5.82 Å². The SMILES string of the molecule is FC(F)(F)c1cnc(NC2CCCCNC2)c(Cl)c1. The van der Waals surface area contributed by atoms with E-state index in [1.54, 1.807) is 0 Å². The largest absolute Gasteiger partial charge is 0.417 e. The summed E-state index contributed by atoms with van der Waals surface area (Å²) in [6.45, 7) is 1.73. The van der Waals surface area contributed by atoms with Crippen LogP contribution in [0.15, 0.2) is 12.3 Å². The van der Waals surface area contributed by atoms with Crippen molar-refractivity contribution in [3.8, 4) is 0 Å². The lowest BCUT2D eigenvalue weighted by Crippen LogP contribution is -2.31. The first-order valence-electron chi connectivity index (χ1n) is 6.17. The number of nitrogens with one attached hydrogen (secondary N) is 2. The van der Waals surface area contributed by atoms with Crippen molar-refractivity contribution < 1.29 is 13.2 Å². The lowest BCUT2D eigenvalue weighted by molar-refractivity contribution is -0.137. The van der Waals surface area contributed by atoms with Gasteiger partial charge < -0.3 is 10.6 Å². The second kappa shape index (κ2) is 5.96. The molecule has 1 unspecified atom stereocenters. The van der Waals surface area contributed by atoms with Gasteiger partial charge in [-0.25, -0.2) is 4.98 Å². The van der Waals surface area contributed by atoms with E-state index in [2.05, 4.69) is 15.6 Å². The summed E-state index contributed by atoms with van der Waals surface area (Å²) in [5.74, 6) is 0.309. The first-order chi connectivity index (χ1) is 8.97. The molecule has 0 spiro atoms. The van der Waals surface area contributed by atoms with Gasteiger partial charge in [-0.05, 0) is 25.5 Å². The number of pyridine rings is 1. The maximum atomic E-state index is 12.5. The first kappa shape index (κ1) is 14.4. The Hall–Kier alpha value is -1.01. The first-order valence-corrected chi connectivity index (χ1v) is 6.54. The smallest absolute Gasteiger partial charge is 0.365 e. The Morgan fingerprint density at radius 2 is 2.16 bits per heavy atom. The van der Waals surface area contributed by atoms with Crippen molar-refractivity contribution in [2.75, 3.05) is 18.4 Å². The molecule has 0 bridgehead atoms. The standard InChI is InChI=1S/C12H15ClF3N3/c13-10-5-8(12(14,15)16)6-18-11(10)19-9-3-1-2-4-17-7-9/h5-6,9,17H,1-4,7H2,(H,18,19). The highest BCUT2D eigenvalue weighted by molar-refractivity contribution is 6.33. The van der Waals surface area contributed by atoms with Gasteiger partial charge >= 0.3 is 6.18 Å². The van der Waals surface area contributed by atoms with Crippen molar-refractivity contribution in [3.05, 3.63) is 22.8 Å². The van der Waals surface area contributed by atoms with E-state index < -0.39 is 11.7 Å². The zero-order valence-corrected chi connectivity index (χ0v) is 11.0. The molecule has 2 rings (SSSR count). The average molecular weight is 294 g/mol. The van der Waals surface area contributed by atoms with Crippen LogP contribution in [0.25, 0.3) is 0 Å². The zero-order valence-electron chi connectivity index (χ0n) is 10.2. The minimum Gasteiger partial charge on any atom is -0.365 e. The molecule has 0 radical (unpaired) electrons. The number of hydrogen-bond acceptors (Lipinski definition) is 3. The Bertz CT molecular complexity index is 429. The molecule has 0 saturated carbocycles. The summed E-state index contributed by atoms with van der Waals surface area (Å²) in [4.78, 5) is 3.78. The van der Waals surface area contributed by atoms with Crippen molar-refractivity contribution in [3.63, 3.8) is 0 Å². The molecule has 1 saturated heterocycles. The molecule has 1 aliphatic rings. The third-order valence-corrected chi connectivity index (χ3v) is 3.34. The van der Waals surface area contributed by atoms with Crippen molar-refractivity contribution in [1.82, 2.24) is 10.3 Å². The zero-order chi connectivity index (χ0) is 13.9. The summed E-state index contributed by atoms with van der Waals surface area (Å²) in [6, 6.07) is 1.05. The molecule has 1 aromatic rings. The maximum absolute atomic E-state index is 12.5. The van der Waals surface area contributed by atoms with Crippen LogP contribution in [0.3, 0.4) is 0 Å². The summed E-state index contributed by atoms with van der Waals surface area (Å²) in [7, 11) is 0. The van der Waals surface area contributed by atoms with Crippen LogP contribution in [0.4, 0.5) is 19.0 Å². The molecule has 0 aliphatic carbocycles. The van der Waals surface area contributed by atoms with Crippen molar-refractivity contribution in [2.24, 2.45) is 0 Å². The van der Waals surface area contributed by atoms with Crippen LogP contribution in [0, 0.1) is 0 Å². The molecule has 0 aromatic carbocycles. The molecule has 106 valence electrons. The van der Waals surface area contributed by atoms with E-state index in [-0.39, 0.29) is 11.1 Å². The number of nitrogens with zero attached hydrogens (tertiary/aromatic N) is 1. The van der Waals surface area contributed by atoms with E-state index in [1.165, 1.54) is 0 Å². The average Bonchev–Trinajstić information content (AvgIpc) is 2.59. The van der Waals surface area contributed by atoms with E-state index in [0.29, 0.717) is 5.82 Å². The van der Waals surface area contributed by atoms with E-state index in [1.807, 2.05) is 0 Å². The summed E-state index contributed by atoms with van der Waals surface area (Å²) in [6.07, 6.45) is -0.487. The fourth-order valence-electron chi connectivity index (χ4n) is 2.03. The second-order valence-electron chi connectivity index (χ2n) is 4.59. The molecule has 1 fully saturated rings. The number of alkyl halides is 3. The van der Waals surface area contributed by atoms with E-state index in [9.17, 15) is 13.2 Å². The summed E-state index contributed by atoms with van der Waals surface area (Å²) >= 11 is 5.85. The number of rotatable bonds is 2. The van der Waals surface area contributed by atoms with Gasteiger partial charge in [-0.1, -0.05) is 18.0 Å². The Morgan fingerprint density at radius 3 is 2.84 bits per heavy atom. The molecule has 0 amide bonds. The monoisotopic (exact) mass is 293 g/mol.